The number of carbonyl (C=O) groups excluding carboxylic acids is 1. The van der Waals surface area contributed by atoms with Crippen molar-refractivity contribution >= 4 is 11.7 Å². The molecular weight excluding hydrogens is 270 g/mol. The van der Waals surface area contributed by atoms with Gasteiger partial charge in [0.2, 0.25) is 0 Å². The third-order valence-corrected chi connectivity index (χ3v) is 3.99. The molecule has 1 saturated carbocycles. The number of hydrogen-bond donors (Lipinski definition) is 3. The van der Waals surface area contributed by atoms with Crippen LogP contribution in [0, 0.1) is 0 Å². The van der Waals surface area contributed by atoms with Gasteiger partial charge in [-0.25, -0.2) is 0 Å². The summed E-state index contributed by atoms with van der Waals surface area (Å²) in [6, 6.07) is 9.24. The summed E-state index contributed by atoms with van der Waals surface area (Å²) in [5.41, 5.74) is 5.79. The number of methoxy groups -OCH3 is 1. The predicted octanol–water partition coefficient (Wildman–Crippen LogP) is 1.55. The second-order valence-corrected chi connectivity index (χ2v) is 5.29. The summed E-state index contributed by atoms with van der Waals surface area (Å²) in [6.07, 6.45) is 2.48. The molecule has 0 heterocycles. The summed E-state index contributed by atoms with van der Waals surface area (Å²) in [5, 5.41) is 15.0. The van der Waals surface area contributed by atoms with E-state index in [4.69, 9.17) is 15.7 Å². The molecule has 6 nitrogen and oxygen atoms in total. The lowest BCUT2D eigenvalue weighted by Gasteiger charge is -2.30. The summed E-state index contributed by atoms with van der Waals surface area (Å²) in [6.45, 7) is 0. The number of rotatable bonds is 5. The zero-order valence-corrected chi connectivity index (χ0v) is 12.1. The highest BCUT2D eigenvalue weighted by Gasteiger charge is 2.41. The van der Waals surface area contributed by atoms with Gasteiger partial charge in [-0.15, -0.1) is 0 Å². The number of nitrogens with zero attached hydrogens (tertiary/aromatic N) is 1. The topological polar surface area (TPSA) is 96.9 Å². The van der Waals surface area contributed by atoms with Crippen LogP contribution in [0.25, 0.3) is 0 Å². The Labute approximate surface area is 124 Å². The summed E-state index contributed by atoms with van der Waals surface area (Å²) in [5.74, 6) is -0.228. The monoisotopic (exact) mass is 291 g/mol. The van der Waals surface area contributed by atoms with E-state index in [2.05, 4.69) is 10.5 Å². The number of carbonyl (C=O) groups is 1. The van der Waals surface area contributed by atoms with E-state index in [-0.39, 0.29) is 11.7 Å². The zero-order chi connectivity index (χ0) is 15.3. The molecule has 1 aromatic rings. The SMILES string of the molecule is COC(C(=O)NC1(C(N)=NO)CCCC1)c1ccccc1. The van der Waals surface area contributed by atoms with Gasteiger partial charge in [-0.2, -0.15) is 0 Å². The Morgan fingerprint density at radius 3 is 2.52 bits per heavy atom. The fraction of sp³-hybridized carbons (Fsp3) is 0.467. The van der Waals surface area contributed by atoms with E-state index in [1.165, 1.54) is 7.11 Å². The first-order valence-electron chi connectivity index (χ1n) is 7.01. The van der Waals surface area contributed by atoms with Crippen molar-refractivity contribution in [1.29, 1.82) is 0 Å². The molecule has 0 radical (unpaired) electrons. The average Bonchev–Trinajstić information content (AvgIpc) is 2.98. The van der Waals surface area contributed by atoms with Gasteiger partial charge in [0.05, 0.1) is 0 Å². The number of benzene rings is 1. The number of hydrogen-bond acceptors (Lipinski definition) is 4. The van der Waals surface area contributed by atoms with Crippen LogP contribution >= 0.6 is 0 Å². The van der Waals surface area contributed by atoms with Crippen LogP contribution in [0.2, 0.25) is 0 Å². The molecule has 0 aromatic heterocycles. The molecule has 0 saturated heterocycles. The summed E-state index contributed by atoms with van der Waals surface area (Å²) >= 11 is 0. The summed E-state index contributed by atoms with van der Waals surface area (Å²) < 4.78 is 5.31. The number of amidine groups is 1. The number of amides is 1. The maximum atomic E-state index is 12.5. The Bertz CT molecular complexity index is 510. The van der Waals surface area contributed by atoms with Gasteiger partial charge in [0.1, 0.15) is 5.54 Å². The molecule has 21 heavy (non-hydrogen) atoms. The molecule has 1 aliphatic rings. The van der Waals surface area contributed by atoms with Crippen LogP contribution < -0.4 is 11.1 Å². The Hall–Kier alpha value is -2.08. The molecule has 0 spiro atoms. The van der Waals surface area contributed by atoms with E-state index >= 15 is 0 Å². The second-order valence-electron chi connectivity index (χ2n) is 5.29. The number of oxime groups is 1. The lowest BCUT2D eigenvalue weighted by Crippen LogP contribution is -2.56. The second kappa shape index (κ2) is 6.58. The first-order valence-corrected chi connectivity index (χ1v) is 7.01. The molecule has 114 valence electrons. The van der Waals surface area contributed by atoms with Gasteiger partial charge in [-0.05, 0) is 18.4 Å². The summed E-state index contributed by atoms with van der Waals surface area (Å²) in [4.78, 5) is 12.5. The van der Waals surface area contributed by atoms with E-state index in [1.54, 1.807) is 0 Å². The van der Waals surface area contributed by atoms with Gasteiger partial charge < -0.3 is 21.0 Å². The maximum Gasteiger partial charge on any atom is 0.254 e. The number of nitrogens with one attached hydrogen (secondary N) is 1. The van der Waals surface area contributed by atoms with E-state index in [1.807, 2.05) is 30.3 Å². The predicted molar refractivity (Wildman–Crippen MR) is 78.9 cm³/mol. The van der Waals surface area contributed by atoms with Gasteiger partial charge in [0, 0.05) is 7.11 Å². The van der Waals surface area contributed by atoms with Crippen LogP contribution in [0.15, 0.2) is 35.5 Å². The minimum atomic E-state index is -0.766. The van der Waals surface area contributed by atoms with Crippen molar-refractivity contribution in [3.05, 3.63) is 35.9 Å². The fourth-order valence-corrected chi connectivity index (χ4v) is 2.84. The standard InChI is InChI=1S/C15H21N3O3/c1-21-12(11-7-3-2-4-8-11)13(19)17-15(14(16)18-20)9-5-6-10-15/h2-4,7-8,12,20H,5-6,9-10H2,1H3,(H2,16,18)(H,17,19). The molecule has 0 aliphatic heterocycles. The van der Waals surface area contributed by atoms with Crippen molar-refractivity contribution in [2.45, 2.75) is 37.3 Å². The minimum Gasteiger partial charge on any atom is -0.409 e. The van der Waals surface area contributed by atoms with E-state index in [0.29, 0.717) is 12.8 Å². The van der Waals surface area contributed by atoms with Crippen molar-refractivity contribution in [3.63, 3.8) is 0 Å². The van der Waals surface area contributed by atoms with Gasteiger partial charge in [0.15, 0.2) is 11.9 Å². The Morgan fingerprint density at radius 2 is 2.00 bits per heavy atom. The third kappa shape index (κ3) is 3.16. The van der Waals surface area contributed by atoms with Crippen LogP contribution in [0.3, 0.4) is 0 Å². The van der Waals surface area contributed by atoms with Crippen LogP contribution in [0.1, 0.15) is 37.4 Å². The Kier molecular flexibility index (Phi) is 4.80. The lowest BCUT2D eigenvalue weighted by atomic mass is 9.95. The molecule has 1 fully saturated rings. The highest BCUT2D eigenvalue weighted by atomic mass is 16.5. The Morgan fingerprint density at radius 1 is 1.38 bits per heavy atom. The quantitative estimate of drug-likeness (QED) is 0.332. The van der Waals surface area contributed by atoms with Crippen molar-refractivity contribution in [3.8, 4) is 0 Å². The van der Waals surface area contributed by atoms with Gasteiger partial charge in [-0.3, -0.25) is 4.79 Å². The molecular formula is C15H21N3O3. The highest BCUT2D eigenvalue weighted by molar-refractivity contribution is 5.95. The molecule has 1 unspecified atom stereocenters. The molecule has 4 N–H and O–H groups in total. The van der Waals surface area contributed by atoms with Crippen LogP contribution in [-0.2, 0) is 9.53 Å². The van der Waals surface area contributed by atoms with Crippen molar-refractivity contribution in [2.75, 3.05) is 7.11 Å². The van der Waals surface area contributed by atoms with Crippen molar-refractivity contribution < 1.29 is 14.7 Å². The highest BCUT2D eigenvalue weighted by Crippen LogP contribution is 2.31. The number of nitrogens with two attached hydrogens (primary N) is 1. The molecule has 2 rings (SSSR count). The van der Waals surface area contributed by atoms with Crippen LogP contribution in [0.4, 0.5) is 0 Å². The summed E-state index contributed by atoms with van der Waals surface area (Å²) in [7, 11) is 1.49. The third-order valence-electron chi connectivity index (χ3n) is 3.99. The molecule has 6 heteroatoms. The van der Waals surface area contributed by atoms with Crippen LogP contribution in [0.5, 0.6) is 0 Å². The van der Waals surface area contributed by atoms with Crippen molar-refractivity contribution in [1.82, 2.24) is 5.32 Å². The maximum absolute atomic E-state index is 12.5. The normalized spacial score (nSPS) is 19.2. The van der Waals surface area contributed by atoms with E-state index in [9.17, 15) is 4.79 Å². The van der Waals surface area contributed by atoms with Gasteiger partial charge in [-0.1, -0.05) is 48.3 Å². The molecule has 1 atom stereocenters. The number of ether oxygens (including phenoxy) is 1. The van der Waals surface area contributed by atoms with Crippen molar-refractivity contribution in [2.24, 2.45) is 10.9 Å². The van der Waals surface area contributed by atoms with Gasteiger partial charge in [0.25, 0.3) is 5.91 Å². The smallest absolute Gasteiger partial charge is 0.254 e. The molecule has 1 aromatic carbocycles. The first kappa shape index (κ1) is 15.3. The largest absolute Gasteiger partial charge is 0.409 e. The molecule has 1 aliphatic carbocycles. The lowest BCUT2D eigenvalue weighted by molar-refractivity contribution is -0.132. The van der Waals surface area contributed by atoms with E-state index in [0.717, 1.165) is 18.4 Å². The molecule has 1 amide bonds. The molecule has 0 bridgehead atoms. The first-order chi connectivity index (χ1) is 10.1. The fourth-order valence-electron chi connectivity index (χ4n) is 2.84. The van der Waals surface area contributed by atoms with E-state index < -0.39 is 11.6 Å². The zero-order valence-electron chi connectivity index (χ0n) is 12.1. The van der Waals surface area contributed by atoms with Gasteiger partial charge >= 0.3 is 0 Å². The Balaban J connectivity index is 2.19. The van der Waals surface area contributed by atoms with Crippen LogP contribution in [-0.4, -0.2) is 29.6 Å². The minimum absolute atomic E-state index is 0.0521. The average molecular weight is 291 g/mol.